The molecular weight excluding hydrogens is 266 g/mol. The lowest BCUT2D eigenvalue weighted by Gasteiger charge is -2.08. The van der Waals surface area contributed by atoms with Gasteiger partial charge in [0.2, 0.25) is 0 Å². The second-order valence-electron chi connectivity index (χ2n) is 4.13. The molecule has 0 aliphatic heterocycles. The average Bonchev–Trinajstić information content (AvgIpc) is 2.64. The summed E-state index contributed by atoms with van der Waals surface area (Å²) in [6.07, 6.45) is 0. The van der Waals surface area contributed by atoms with Crippen LogP contribution < -0.4 is 5.73 Å². The van der Waals surface area contributed by atoms with E-state index in [1.165, 1.54) is 5.56 Å². The van der Waals surface area contributed by atoms with Crippen molar-refractivity contribution >= 4 is 21.7 Å². The van der Waals surface area contributed by atoms with Crippen molar-refractivity contribution in [1.29, 1.82) is 0 Å². The lowest BCUT2D eigenvalue weighted by atomic mass is 10.00. The Bertz CT molecular complexity index is 503. The zero-order valence-corrected chi connectivity index (χ0v) is 10.9. The van der Waals surface area contributed by atoms with E-state index < -0.39 is 0 Å². The Morgan fingerprint density at radius 3 is 2.56 bits per heavy atom. The number of nitrogens with two attached hydrogens (primary N) is 1. The van der Waals surface area contributed by atoms with E-state index in [4.69, 9.17) is 5.73 Å². The molecule has 1 aromatic heterocycles. The lowest BCUT2D eigenvalue weighted by Crippen LogP contribution is -1.89. The van der Waals surface area contributed by atoms with E-state index in [1.807, 2.05) is 6.07 Å². The fraction of sp³-hybridized carbons (Fsp3) is 0.250. The van der Waals surface area contributed by atoms with Crippen molar-refractivity contribution in [3.05, 3.63) is 34.3 Å². The molecule has 0 fully saturated rings. The standard InChI is InChI=1S/C12H14BrN3/c1-7(2)8-3-9(5-10(13)4-8)11-6-12(14)16-15-11/h3-7H,1-2H3,(H3,14,15,16). The summed E-state index contributed by atoms with van der Waals surface area (Å²) >= 11 is 3.52. The Labute approximate surface area is 103 Å². The van der Waals surface area contributed by atoms with Crippen LogP contribution in [0.25, 0.3) is 11.3 Å². The molecule has 16 heavy (non-hydrogen) atoms. The Morgan fingerprint density at radius 2 is 2.00 bits per heavy atom. The number of aromatic nitrogens is 2. The monoisotopic (exact) mass is 279 g/mol. The number of halogens is 1. The fourth-order valence-corrected chi connectivity index (χ4v) is 2.10. The van der Waals surface area contributed by atoms with Gasteiger partial charge >= 0.3 is 0 Å². The molecule has 2 rings (SSSR count). The minimum Gasteiger partial charge on any atom is -0.382 e. The van der Waals surface area contributed by atoms with Crippen molar-refractivity contribution in [2.45, 2.75) is 19.8 Å². The fourth-order valence-electron chi connectivity index (χ4n) is 1.59. The maximum absolute atomic E-state index is 5.60. The first-order chi connectivity index (χ1) is 7.56. The molecule has 0 aliphatic carbocycles. The number of rotatable bonds is 2. The summed E-state index contributed by atoms with van der Waals surface area (Å²) in [6.45, 7) is 4.35. The van der Waals surface area contributed by atoms with E-state index in [2.05, 4.69) is 58.2 Å². The largest absolute Gasteiger partial charge is 0.382 e. The predicted octanol–water partition coefficient (Wildman–Crippen LogP) is 3.54. The number of H-pyrrole nitrogens is 1. The molecule has 0 unspecified atom stereocenters. The number of aromatic amines is 1. The first kappa shape index (κ1) is 11.2. The topological polar surface area (TPSA) is 54.7 Å². The SMILES string of the molecule is CC(C)c1cc(Br)cc(-c2cc(N)n[nH]2)c1. The molecule has 84 valence electrons. The number of benzene rings is 1. The molecule has 3 N–H and O–H groups in total. The first-order valence-corrected chi connectivity index (χ1v) is 5.97. The van der Waals surface area contributed by atoms with Gasteiger partial charge in [0.1, 0.15) is 5.82 Å². The normalized spacial score (nSPS) is 11.0. The zero-order valence-electron chi connectivity index (χ0n) is 9.29. The molecule has 0 spiro atoms. The Hall–Kier alpha value is -1.29. The smallest absolute Gasteiger partial charge is 0.145 e. The molecule has 1 heterocycles. The molecule has 0 aliphatic rings. The van der Waals surface area contributed by atoms with E-state index in [0.717, 1.165) is 15.7 Å². The number of nitrogen functional groups attached to an aromatic ring is 1. The van der Waals surface area contributed by atoms with E-state index in [1.54, 1.807) is 0 Å². The second kappa shape index (κ2) is 4.29. The van der Waals surface area contributed by atoms with Gasteiger partial charge in [-0.1, -0.05) is 29.8 Å². The van der Waals surface area contributed by atoms with Gasteiger partial charge in [0, 0.05) is 16.1 Å². The number of anilines is 1. The van der Waals surface area contributed by atoms with Gasteiger partial charge < -0.3 is 5.73 Å². The summed E-state index contributed by atoms with van der Waals surface area (Å²) in [5, 5.41) is 6.85. The molecule has 2 aromatic rings. The Balaban J connectivity index is 2.49. The lowest BCUT2D eigenvalue weighted by molar-refractivity contribution is 0.866. The van der Waals surface area contributed by atoms with Crippen LogP contribution in [0.15, 0.2) is 28.7 Å². The molecular formula is C12H14BrN3. The third-order valence-electron chi connectivity index (χ3n) is 2.50. The van der Waals surface area contributed by atoms with Gasteiger partial charge in [-0.3, -0.25) is 5.10 Å². The van der Waals surface area contributed by atoms with Crippen molar-refractivity contribution in [3.63, 3.8) is 0 Å². The molecule has 0 bridgehead atoms. The number of hydrogen-bond donors (Lipinski definition) is 2. The minimum atomic E-state index is 0.497. The molecule has 3 nitrogen and oxygen atoms in total. The van der Waals surface area contributed by atoms with Crippen LogP contribution in [0.4, 0.5) is 5.82 Å². The summed E-state index contributed by atoms with van der Waals surface area (Å²) in [6, 6.07) is 8.18. The molecule has 0 amide bonds. The molecule has 0 atom stereocenters. The Kier molecular flexibility index (Phi) is 3.01. The van der Waals surface area contributed by atoms with Crippen molar-refractivity contribution in [3.8, 4) is 11.3 Å². The summed E-state index contributed by atoms with van der Waals surface area (Å²) in [7, 11) is 0. The molecule has 0 saturated carbocycles. The van der Waals surface area contributed by atoms with Gasteiger partial charge in [-0.15, -0.1) is 0 Å². The Morgan fingerprint density at radius 1 is 1.25 bits per heavy atom. The van der Waals surface area contributed by atoms with Gasteiger partial charge in [-0.25, -0.2) is 0 Å². The van der Waals surface area contributed by atoms with Gasteiger partial charge in [0.05, 0.1) is 5.69 Å². The van der Waals surface area contributed by atoms with Crippen molar-refractivity contribution in [2.24, 2.45) is 0 Å². The van der Waals surface area contributed by atoms with Crippen LogP contribution in [0.2, 0.25) is 0 Å². The molecule has 0 saturated heterocycles. The van der Waals surface area contributed by atoms with E-state index >= 15 is 0 Å². The first-order valence-electron chi connectivity index (χ1n) is 5.18. The van der Waals surface area contributed by atoms with Gasteiger partial charge in [-0.2, -0.15) is 5.10 Å². The van der Waals surface area contributed by atoms with Gasteiger partial charge in [0.15, 0.2) is 0 Å². The zero-order chi connectivity index (χ0) is 11.7. The molecule has 4 heteroatoms. The average molecular weight is 280 g/mol. The summed E-state index contributed by atoms with van der Waals surface area (Å²) in [5.41, 5.74) is 8.93. The van der Waals surface area contributed by atoms with Crippen LogP contribution >= 0.6 is 15.9 Å². The van der Waals surface area contributed by atoms with Crippen LogP contribution in [0.5, 0.6) is 0 Å². The van der Waals surface area contributed by atoms with E-state index in [-0.39, 0.29) is 0 Å². The highest BCUT2D eigenvalue weighted by atomic mass is 79.9. The van der Waals surface area contributed by atoms with Crippen molar-refractivity contribution in [2.75, 3.05) is 5.73 Å². The maximum Gasteiger partial charge on any atom is 0.145 e. The third kappa shape index (κ3) is 2.27. The number of hydrogen-bond acceptors (Lipinski definition) is 2. The minimum absolute atomic E-state index is 0.497. The van der Waals surface area contributed by atoms with E-state index in [9.17, 15) is 0 Å². The predicted molar refractivity (Wildman–Crippen MR) is 70.2 cm³/mol. The van der Waals surface area contributed by atoms with Crippen LogP contribution in [0, 0.1) is 0 Å². The number of nitrogens with zero attached hydrogens (tertiary/aromatic N) is 1. The van der Waals surface area contributed by atoms with Crippen LogP contribution in [0.1, 0.15) is 25.3 Å². The highest BCUT2D eigenvalue weighted by molar-refractivity contribution is 9.10. The molecule has 0 radical (unpaired) electrons. The van der Waals surface area contributed by atoms with Crippen molar-refractivity contribution in [1.82, 2.24) is 10.2 Å². The highest BCUT2D eigenvalue weighted by Gasteiger charge is 2.06. The summed E-state index contributed by atoms with van der Waals surface area (Å²) in [4.78, 5) is 0. The molecule has 1 aromatic carbocycles. The van der Waals surface area contributed by atoms with Crippen molar-refractivity contribution < 1.29 is 0 Å². The summed E-state index contributed by atoms with van der Waals surface area (Å²) in [5.74, 6) is 1.01. The second-order valence-corrected chi connectivity index (χ2v) is 5.05. The third-order valence-corrected chi connectivity index (χ3v) is 2.95. The maximum atomic E-state index is 5.60. The quantitative estimate of drug-likeness (QED) is 0.884. The van der Waals surface area contributed by atoms with Gasteiger partial charge in [-0.05, 0) is 29.7 Å². The van der Waals surface area contributed by atoms with Gasteiger partial charge in [0.25, 0.3) is 0 Å². The summed E-state index contributed by atoms with van der Waals surface area (Å²) < 4.78 is 1.07. The van der Waals surface area contributed by atoms with Crippen LogP contribution in [-0.4, -0.2) is 10.2 Å². The van der Waals surface area contributed by atoms with Crippen LogP contribution in [0.3, 0.4) is 0 Å². The highest BCUT2D eigenvalue weighted by Crippen LogP contribution is 2.27. The number of nitrogens with one attached hydrogen (secondary N) is 1. The van der Waals surface area contributed by atoms with Crippen LogP contribution in [-0.2, 0) is 0 Å². The van der Waals surface area contributed by atoms with E-state index in [0.29, 0.717) is 11.7 Å².